The summed E-state index contributed by atoms with van der Waals surface area (Å²) >= 11 is 12.9. The van der Waals surface area contributed by atoms with Crippen molar-refractivity contribution in [2.24, 2.45) is 29.6 Å². The number of anilines is 2. The van der Waals surface area contributed by atoms with Crippen molar-refractivity contribution in [3.05, 3.63) is 115 Å². The van der Waals surface area contributed by atoms with E-state index in [1.807, 2.05) is 60.7 Å². The number of hydrogen-bond acceptors (Lipinski definition) is 7. The van der Waals surface area contributed by atoms with Crippen molar-refractivity contribution >= 4 is 90.5 Å². The molecule has 4 aliphatic rings. The Hall–Kier alpha value is -3.90. The average molecular weight is 773 g/mol. The molecule has 246 valence electrons. The van der Waals surface area contributed by atoms with E-state index < -0.39 is 11.8 Å². The summed E-state index contributed by atoms with van der Waals surface area (Å²) in [6.45, 7) is -0.241. The number of carbonyl (C=O) groups is 3. The number of carbonyl (C=O) groups excluding carboxylic acids is 3. The predicted octanol–water partition coefficient (Wildman–Crippen LogP) is 7.70. The van der Waals surface area contributed by atoms with E-state index >= 15 is 0 Å². The van der Waals surface area contributed by atoms with Crippen LogP contribution in [0.15, 0.2) is 99.2 Å². The number of thiazole rings is 1. The number of rotatable bonds is 6. The van der Waals surface area contributed by atoms with Gasteiger partial charge in [0.1, 0.15) is 5.75 Å². The van der Waals surface area contributed by atoms with E-state index in [2.05, 4.69) is 26.2 Å². The van der Waals surface area contributed by atoms with Gasteiger partial charge in [0.05, 0.1) is 22.5 Å². The van der Waals surface area contributed by atoms with Crippen molar-refractivity contribution < 1.29 is 19.1 Å². The molecule has 0 spiro atoms. The van der Waals surface area contributed by atoms with Gasteiger partial charge in [0, 0.05) is 42.2 Å². The highest BCUT2D eigenvalue weighted by Gasteiger charge is 2.69. The van der Waals surface area contributed by atoms with Gasteiger partial charge in [-0.05, 0) is 78.1 Å². The maximum absolute atomic E-state index is 14.1. The molecule has 8 nitrogen and oxygen atoms in total. The number of hydrogen-bond donors (Lipinski definition) is 2. The van der Waals surface area contributed by atoms with Crippen LogP contribution in [0.2, 0.25) is 5.02 Å². The molecule has 9 rings (SSSR count). The van der Waals surface area contributed by atoms with Crippen molar-refractivity contribution in [2.75, 3.05) is 16.8 Å². The number of ether oxygens (including phenoxy) is 1. The van der Waals surface area contributed by atoms with Gasteiger partial charge in [-0.3, -0.25) is 24.1 Å². The molecule has 2 N–H and O–H groups in total. The third-order valence-electron chi connectivity index (χ3n) is 10.5. The third-order valence-corrected chi connectivity index (χ3v) is 13.9. The van der Waals surface area contributed by atoms with Crippen molar-refractivity contribution in [3.8, 4) is 5.75 Å². The van der Waals surface area contributed by atoms with E-state index in [0.29, 0.717) is 22.1 Å². The van der Waals surface area contributed by atoms with Gasteiger partial charge >= 0.3 is 4.87 Å². The monoisotopic (exact) mass is 771 g/mol. The zero-order chi connectivity index (χ0) is 33.6. The van der Waals surface area contributed by atoms with Crippen LogP contribution >= 0.6 is 50.6 Å². The minimum atomic E-state index is -0.447. The molecule has 2 bridgehead atoms. The summed E-state index contributed by atoms with van der Waals surface area (Å²) in [4.78, 5) is 59.2. The minimum absolute atomic E-state index is 0.00268. The molecule has 4 aromatic carbocycles. The van der Waals surface area contributed by atoms with Crippen LogP contribution in [0.1, 0.15) is 22.8 Å². The second-order valence-corrected chi connectivity index (χ2v) is 16.5. The number of fused-ring (bicyclic) bond motifs is 10. The van der Waals surface area contributed by atoms with E-state index in [-0.39, 0.29) is 58.1 Å². The number of halogens is 2. The van der Waals surface area contributed by atoms with Gasteiger partial charge in [0.25, 0.3) is 5.91 Å². The number of amides is 3. The maximum atomic E-state index is 14.1. The van der Waals surface area contributed by atoms with Crippen molar-refractivity contribution in [1.29, 1.82) is 0 Å². The highest BCUT2D eigenvalue weighted by Crippen LogP contribution is 2.69. The van der Waals surface area contributed by atoms with Gasteiger partial charge in [0.2, 0.25) is 11.8 Å². The maximum Gasteiger partial charge on any atom is 0.305 e. The average Bonchev–Trinajstić information content (AvgIpc) is 3.83. The van der Waals surface area contributed by atoms with Crippen LogP contribution in [0.3, 0.4) is 0 Å². The molecule has 49 heavy (non-hydrogen) atoms. The van der Waals surface area contributed by atoms with Crippen molar-refractivity contribution in [1.82, 2.24) is 4.98 Å². The van der Waals surface area contributed by atoms with Gasteiger partial charge in [-0.2, -0.15) is 0 Å². The summed E-state index contributed by atoms with van der Waals surface area (Å²) in [6, 6.07) is 26.2. The molecule has 7 atom stereocenters. The quantitative estimate of drug-likeness (QED) is 0.171. The molecule has 12 heteroatoms. The normalized spacial score (nSPS) is 26.5. The van der Waals surface area contributed by atoms with Crippen LogP contribution in [0.4, 0.5) is 11.4 Å². The third kappa shape index (κ3) is 4.99. The molecular formula is C37H27BrClN3O5S2. The van der Waals surface area contributed by atoms with Gasteiger partial charge in [-0.15, -0.1) is 11.8 Å². The number of imide groups is 1. The molecule has 3 amide bonds. The molecule has 2 saturated carbocycles. The first kappa shape index (κ1) is 31.1. The minimum Gasteiger partial charge on any atom is -0.483 e. The van der Waals surface area contributed by atoms with Crippen LogP contribution in [0.25, 0.3) is 10.8 Å². The first-order chi connectivity index (χ1) is 23.8. The Bertz CT molecular complexity index is 2250. The molecule has 3 fully saturated rings. The van der Waals surface area contributed by atoms with Crippen LogP contribution in [-0.4, -0.2) is 34.6 Å². The lowest BCUT2D eigenvalue weighted by Gasteiger charge is -2.43. The zero-order valence-corrected chi connectivity index (χ0v) is 29.6. The highest BCUT2D eigenvalue weighted by atomic mass is 79.9. The van der Waals surface area contributed by atoms with E-state index in [9.17, 15) is 19.2 Å². The van der Waals surface area contributed by atoms with Crippen LogP contribution in [0.5, 0.6) is 5.75 Å². The Balaban J connectivity index is 1.05. The summed E-state index contributed by atoms with van der Waals surface area (Å²) in [6.07, 6.45) is 0.753. The van der Waals surface area contributed by atoms with Crippen LogP contribution in [0, 0.1) is 29.6 Å². The Labute approximate surface area is 302 Å². The Morgan fingerprint density at radius 1 is 0.959 bits per heavy atom. The number of benzene rings is 4. The van der Waals surface area contributed by atoms with E-state index in [1.54, 1.807) is 36.0 Å². The Kier molecular flexibility index (Phi) is 7.53. The van der Waals surface area contributed by atoms with Gasteiger partial charge < -0.3 is 15.0 Å². The first-order valence-electron chi connectivity index (χ1n) is 16.0. The van der Waals surface area contributed by atoms with Crippen molar-refractivity contribution in [2.45, 2.75) is 22.6 Å². The number of aromatic nitrogens is 1. The second kappa shape index (κ2) is 11.9. The number of H-pyrrole nitrogens is 1. The van der Waals surface area contributed by atoms with E-state index in [0.717, 1.165) is 48.5 Å². The summed E-state index contributed by atoms with van der Waals surface area (Å²) in [5.74, 6) is -1.47. The Morgan fingerprint density at radius 2 is 1.71 bits per heavy atom. The fourth-order valence-corrected chi connectivity index (χ4v) is 12.1. The molecule has 1 aromatic heterocycles. The fourth-order valence-electron chi connectivity index (χ4n) is 8.77. The molecule has 3 heterocycles. The van der Waals surface area contributed by atoms with Gasteiger partial charge in [0.15, 0.2) is 6.61 Å². The number of thioether (sulfide) groups is 1. The first-order valence-corrected chi connectivity index (χ1v) is 18.9. The van der Waals surface area contributed by atoms with Gasteiger partial charge in [-0.25, -0.2) is 0 Å². The smallest absolute Gasteiger partial charge is 0.305 e. The lowest BCUT2D eigenvalue weighted by molar-refractivity contribution is -0.123. The Morgan fingerprint density at radius 3 is 2.53 bits per heavy atom. The molecule has 0 radical (unpaired) electrons. The number of nitrogens with zero attached hydrogens (tertiary/aromatic N) is 1. The zero-order valence-electron chi connectivity index (χ0n) is 25.6. The summed E-state index contributed by atoms with van der Waals surface area (Å²) in [5, 5.41) is 6.21. The lowest BCUT2D eigenvalue weighted by atomic mass is 9.68. The van der Waals surface area contributed by atoms with E-state index in [1.165, 1.54) is 4.90 Å². The summed E-state index contributed by atoms with van der Waals surface area (Å²) in [5.41, 5.74) is 2.04. The topological polar surface area (TPSA) is 109 Å². The van der Waals surface area contributed by atoms with Crippen LogP contribution < -0.4 is 19.8 Å². The van der Waals surface area contributed by atoms with Crippen molar-refractivity contribution in [3.63, 3.8) is 0 Å². The van der Waals surface area contributed by atoms with E-state index in [4.69, 9.17) is 16.3 Å². The van der Waals surface area contributed by atoms with Crippen LogP contribution in [-0.2, 0) is 14.4 Å². The molecule has 0 unspecified atom stereocenters. The molecule has 2 aliphatic heterocycles. The number of aromatic amines is 1. The number of nitrogens with one attached hydrogen (secondary N) is 2. The summed E-state index contributed by atoms with van der Waals surface area (Å²) < 4.78 is 7.12. The molecule has 5 aromatic rings. The second-order valence-electron chi connectivity index (χ2n) is 13.0. The van der Waals surface area contributed by atoms with Gasteiger partial charge in [-0.1, -0.05) is 75.3 Å². The molecular weight excluding hydrogens is 746 g/mol. The fraction of sp³-hybridized carbons (Fsp3) is 0.243. The highest BCUT2D eigenvalue weighted by molar-refractivity contribution is 9.10. The predicted molar refractivity (Wildman–Crippen MR) is 195 cm³/mol. The standard InChI is InChI=1S/C37H27BrClN3O5S2/c38-18-8-11-20(12-9-18)42-35(44)30-23-15-24(31(30)36(42)45)32-29(23)28(33-34(48-32)41-37(46)49-33)22-14-19(39)10-13-26(22)47-16-27(43)40-25-7-3-5-17-4-1-2-6-21(17)25/h1-14,23-24,28-32H,15-16H2,(H,40,43)(H,41,46)/t23-,24-,28+,29-,30+,31+,32-/m1/s1. The lowest BCUT2D eigenvalue weighted by Crippen LogP contribution is -2.42. The SMILES string of the molecule is O=C(COc1ccc(Cl)cc1[C@@H]1c2sc(=O)[nH]c2S[C@@H]2[C@@H]3C[C@@H]([C@@H]4C(=O)N(c5ccc(Br)cc5)C(=O)[C@@H]34)[C@H]12)Nc1cccc2ccccc12. The summed E-state index contributed by atoms with van der Waals surface area (Å²) in [7, 11) is 0. The largest absolute Gasteiger partial charge is 0.483 e. The molecule has 1 saturated heterocycles. The molecule has 2 aliphatic carbocycles.